The summed E-state index contributed by atoms with van der Waals surface area (Å²) in [6, 6.07) is 2.91. The molecule has 0 bridgehead atoms. The highest BCUT2D eigenvalue weighted by molar-refractivity contribution is 5.53. The molecular weight excluding hydrogens is 238 g/mol. The van der Waals surface area contributed by atoms with Gasteiger partial charge in [-0.25, -0.2) is 0 Å². The van der Waals surface area contributed by atoms with Crippen LogP contribution in [0.1, 0.15) is 30.5 Å². The Hall–Kier alpha value is -1.13. The van der Waals surface area contributed by atoms with Crippen molar-refractivity contribution in [2.45, 2.75) is 38.8 Å². The predicted octanol–water partition coefficient (Wildman–Crippen LogP) is 2.11. The number of hydrogen-bond acceptors (Lipinski definition) is 4. The van der Waals surface area contributed by atoms with Crippen LogP contribution in [0.25, 0.3) is 0 Å². The third-order valence-corrected chi connectivity index (χ3v) is 3.51. The normalized spacial score (nSPS) is 14.7. The molecule has 106 valence electrons. The van der Waals surface area contributed by atoms with E-state index in [-0.39, 0.29) is 0 Å². The van der Waals surface area contributed by atoms with E-state index in [0.717, 1.165) is 37.9 Å². The molecule has 0 atom stereocenters. The number of hydrogen-bond donors (Lipinski definition) is 1. The van der Waals surface area contributed by atoms with Gasteiger partial charge in [-0.2, -0.15) is 0 Å². The number of anilines is 1. The van der Waals surface area contributed by atoms with Crippen molar-refractivity contribution in [3.05, 3.63) is 23.5 Å². The highest BCUT2D eigenvalue weighted by atomic mass is 16.5. The van der Waals surface area contributed by atoms with Gasteiger partial charge in [0.05, 0.1) is 0 Å². The summed E-state index contributed by atoms with van der Waals surface area (Å²) in [5.74, 6) is 0. The van der Waals surface area contributed by atoms with Crippen molar-refractivity contribution in [2.75, 3.05) is 32.2 Å². The standard InChI is InChI=1S/C15H25N3O/c1-12-9-15(18(2)7-4-8-19-3)13(10-16-12)11-17-14-5-6-14/h9-10,14,17H,4-8,11H2,1-3H3. The fourth-order valence-electron chi connectivity index (χ4n) is 2.17. The fourth-order valence-corrected chi connectivity index (χ4v) is 2.17. The number of aromatic nitrogens is 1. The molecule has 4 nitrogen and oxygen atoms in total. The Morgan fingerprint density at radius 3 is 2.95 bits per heavy atom. The molecule has 1 heterocycles. The predicted molar refractivity (Wildman–Crippen MR) is 78.6 cm³/mol. The summed E-state index contributed by atoms with van der Waals surface area (Å²) in [7, 11) is 3.90. The lowest BCUT2D eigenvalue weighted by molar-refractivity contribution is 0.196. The number of rotatable bonds is 8. The quantitative estimate of drug-likeness (QED) is 0.729. The Labute approximate surface area is 116 Å². The summed E-state index contributed by atoms with van der Waals surface area (Å²) in [6.07, 6.45) is 5.69. The minimum absolute atomic E-state index is 0.730. The monoisotopic (exact) mass is 263 g/mol. The SMILES string of the molecule is COCCCN(C)c1cc(C)ncc1CNC1CC1. The second-order valence-corrected chi connectivity index (χ2v) is 5.38. The Morgan fingerprint density at radius 1 is 1.47 bits per heavy atom. The topological polar surface area (TPSA) is 37.4 Å². The van der Waals surface area contributed by atoms with Gasteiger partial charge in [0, 0.05) is 63.0 Å². The second-order valence-electron chi connectivity index (χ2n) is 5.38. The van der Waals surface area contributed by atoms with Gasteiger partial charge in [-0.05, 0) is 32.3 Å². The van der Waals surface area contributed by atoms with Crippen LogP contribution in [-0.2, 0) is 11.3 Å². The molecule has 1 aromatic rings. The van der Waals surface area contributed by atoms with Gasteiger partial charge in [0.25, 0.3) is 0 Å². The maximum Gasteiger partial charge on any atom is 0.0479 e. The number of pyridine rings is 1. The maximum atomic E-state index is 5.12. The minimum atomic E-state index is 0.730. The Morgan fingerprint density at radius 2 is 2.26 bits per heavy atom. The van der Waals surface area contributed by atoms with Crippen LogP contribution in [0.5, 0.6) is 0 Å². The summed E-state index contributed by atoms with van der Waals surface area (Å²) in [5.41, 5.74) is 3.65. The Bertz CT molecular complexity index is 404. The van der Waals surface area contributed by atoms with Gasteiger partial charge in [0.2, 0.25) is 0 Å². The minimum Gasteiger partial charge on any atom is -0.385 e. The van der Waals surface area contributed by atoms with E-state index in [0.29, 0.717) is 0 Å². The average molecular weight is 263 g/mol. The first-order valence-corrected chi connectivity index (χ1v) is 7.09. The van der Waals surface area contributed by atoms with Gasteiger partial charge < -0.3 is 15.0 Å². The molecule has 4 heteroatoms. The molecule has 0 radical (unpaired) electrons. The largest absolute Gasteiger partial charge is 0.385 e. The van der Waals surface area contributed by atoms with Gasteiger partial charge in [-0.3, -0.25) is 4.98 Å². The van der Waals surface area contributed by atoms with Crippen LogP contribution in [0.15, 0.2) is 12.3 Å². The number of ether oxygens (including phenoxy) is 1. The van der Waals surface area contributed by atoms with E-state index in [9.17, 15) is 0 Å². The zero-order valence-corrected chi connectivity index (χ0v) is 12.3. The van der Waals surface area contributed by atoms with E-state index in [1.54, 1.807) is 7.11 Å². The third-order valence-electron chi connectivity index (χ3n) is 3.51. The van der Waals surface area contributed by atoms with Gasteiger partial charge in [-0.1, -0.05) is 0 Å². The van der Waals surface area contributed by atoms with E-state index >= 15 is 0 Å². The molecule has 2 rings (SSSR count). The van der Waals surface area contributed by atoms with Gasteiger partial charge in [-0.15, -0.1) is 0 Å². The van der Waals surface area contributed by atoms with Crippen molar-refractivity contribution in [1.29, 1.82) is 0 Å². The van der Waals surface area contributed by atoms with Crippen LogP contribution in [0.2, 0.25) is 0 Å². The Balaban J connectivity index is 1.99. The zero-order chi connectivity index (χ0) is 13.7. The first-order chi connectivity index (χ1) is 9.20. The van der Waals surface area contributed by atoms with Crippen LogP contribution in [0, 0.1) is 6.92 Å². The van der Waals surface area contributed by atoms with Gasteiger partial charge in [0.1, 0.15) is 0 Å². The highest BCUT2D eigenvalue weighted by Crippen LogP contribution is 2.23. The van der Waals surface area contributed by atoms with E-state index in [1.807, 2.05) is 13.1 Å². The first-order valence-electron chi connectivity index (χ1n) is 7.09. The molecule has 19 heavy (non-hydrogen) atoms. The molecular formula is C15H25N3O. The maximum absolute atomic E-state index is 5.12. The number of aryl methyl sites for hydroxylation is 1. The zero-order valence-electron chi connectivity index (χ0n) is 12.3. The molecule has 1 fully saturated rings. The lowest BCUT2D eigenvalue weighted by Gasteiger charge is -2.23. The molecule has 1 N–H and O–H groups in total. The summed E-state index contributed by atoms with van der Waals surface area (Å²) in [6.45, 7) is 4.78. The van der Waals surface area contributed by atoms with Crippen LogP contribution in [0.3, 0.4) is 0 Å². The van der Waals surface area contributed by atoms with Gasteiger partial charge >= 0.3 is 0 Å². The molecule has 1 aliphatic rings. The molecule has 0 amide bonds. The molecule has 1 aliphatic carbocycles. The summed E-state index contributed by atoms with van der Waals surface area (Å²) in [4.78, 5) is 6.73. The molecule has 0 spiro atoms. The molecule has 1 saturated carbocycles. The molecule has 1 aromatic heterocycles. The van der Waals surface area contributed by atoms with Crippen molar-refractivity contribution < 1.29 is 4.74 Å². The highest BCUT2D eigenvalue weighted by Gasteiger charge is 2.20. The van der Waals surface area contributed by atoms with Crippen molar-refractivity contribution in [2.24, 2.45) is 0 Å². The first kappa shape index (κ1) is 14.3. The van der Waals surface area contributed by atoms with Crippen LogP contribution in [0.4, 0.5) is 5.69 Å². The molecule has 0 aromatic carbocycles. The lowest BCUT2D eigenvalue weighted by atomic mass is 10.2. The van der Waals surface area contributed by atoms with Crippen LogP contribution < -0.4 is 10.2 Å². The van der Waals surface area contributed by atoms with Crippen molar-refractivity contribution in [3.8, 4) is 0 Å². The smallest absolute Gasteiger partial charge is 0.0479 e. The van der Waals surface area contributed by atoms with Crippen molar-refractivity contribution in [3.63, 3.8) is 0 Å². The molecule has 0 unspecified atom stereocenters. The van der Waals surface area contributed by atoms with Crippen molar-refractivity contribution >= 4 is 5.69 Å². The molecule has 0 aliphatic heterocycles. The number of nitrogens with one attached hydrogen (secondary N) is 1. The van der Waals surface area contributed by atoms with E-state index in [4.69, 9.17) is 4.74 Å². The van der Waals surface area contributed by atoms with Gasteiger partial charge in [0.15, 0.2) is 0 Å². The average Bonchev–Trinajstić information content (AvgIpc) is 3.21. The Kier molecular flexibility index (Phi) is 5.16. The lowest BCUT2D eigenvalue weighted by Crippen LogP contribution is -2.24. The van der Waals surface area contributed by atoms with E-state index in [1.165, 1.54) is 24.1 Å². The van der Waals surface area contributed by atoms with E-state index < -0.39 is 0 Å². The summed E-state index contributed by atoms with van der Waals surface area (Å²) < 4.78 is 5.12. The molecule has 0 saturated heterocycles. The third kappa shape index (κ3) is 4.48. The number of methoxy groups -OCH3 is 1. The van der Waals surface area contributed by atoms with Crippen LogP contribution in [-0.4, -0.2) is 38.3 Å². The summed E-state index contributed by atoms with van der Waals surface area (Å²) >= 11 is 0. The number of nitrogens with zero attached hydrogens (tertiary/aromatic N) is 2. The second kappa shape index (κ2) is 6.87. The van der Waals surface area contributed by atoms with E-state index in [2.05, 4.69) is 28.3 Å². The fraction of sp³-hybridized carbons (Fsp3) is 0.667. The van der Waals surface area contributed by atoms with Crippen molar-refractivity contribution in [1.82, 2.24) is 10.3 Å². The van der Waals surface area contributed by atoms with Crippen LogP contribution >= 0.6 is 0 Å². The summed E-state index contributed by atoms with van der Waals surface area (Å²) in [5, 5.41) is 3.56.